The number of nitrogens with one attached hydrogen (secondary N) is 1. The molecule has 18 heavy (non-hydrogen) atoms. The number of rotatable bonds is 1. The number of fused-ring (bicyclic) bond motifs is 1. The molecular formula is C13H9BrFN3. The number of halogens is 2. The van der Waals surface area contributed by atoms with Gasteiger partial charge in [0.2, 0.25) is 0 Å². The van der Waals surface area contributed by atoms with Crippen LogP contribution in [0.2, 0.25) is 0 Å². The van der Waals surface area contributed by atoms with Gasteiger partial charge in [-0.25, -0.2) is 9.37 Å². The Morgan fingerprint density at radius 2 is 2.06 bits per heavy atom. The smallest absolute Gasteiger partial charge is 0.138 e. The molecule has 5 heteroatoms. The van der Waals surface area contributed by atoms with Crippen molar-refractivity contribution >= 4 is 32.7 Å². The molecule has 0 amide bonds. The minimum atomic E-state index is -0.297. The number of aromatic amines is 1. The maximum Gasteiger partial charge on any atom is 0.138 e. The predicted molar refractivity (Wildman–Crippen MR) is 73.6 cm³/mol. The van der Waals surface area contributed by atoms with Crippen molar-refractivity contribution in [3.63, 3.8) is 0 Å². The van der Waals surface area contributed by atoms with Crippen molar-refractivity contribution in [3.05, 3.63) is 46.7 Å². The molecule has 3 nitrogen and oxygen atoms in total. The molecule has 1 heterocycles. The number of nitrogens with two attached hydrogens (primary N) is 1. The molecule has 3 rings (SSSR count). The first-order valence-corrected chi connectivity index (χ1v) is 6.14. The van der Waals surface area contributed by atoms with Crippen LogP contribution < -0.4 is 5.73 Å². The molecule has 3 aromatic rings. The highest BCUT2D eigenvalue weighted by Crippen LogP contribution is 2.26. The lowest BCUT2D eigenvalue weighted by Gasteiger charge is -1.98. The van der Waals surface area contributed by atoms with Crippen LogP contribution in [0.15, 0.2) is 40.9 Å². The second-order valence-electron chi connectivity index (χ2n) is 3.96. The average molecular weight is 306 g/mol. The van der Waals surface area contributed by atoms with E-state index in [1.54, 1.807) is 18.2 Å². The molecule has 0 atom stereocenters. The van der Waals surface area contributed by atoms with Crippen LogP contribution in [0.25, 0.3) is 22.4 Å². The third-order valence-electron chi connectivity index (χ3n) is 2.74. The van der Waals surface area contributed by atoms with E-state index in [1.165, 1.54) is 6.07 Å². The summed E-state index contributed by atoms with van der Waals surface area (Å²) >= 11 is 3.16. The third-order valence-corrected chi connectivity index (χ3v) is 3.34. The second kappa shape index (κ2) is 4.10. The Kier molecular flexibility index (Phi) is 2.56. The summed E-state index contributed by atoms with van der Waals surface area (Å²) in [6, 6.07) is 10.3. The summed E-state index contributed by atoms with van der Waals surface area (Å²) in [4.78, 5) is 7.59. The van der Waals surface area contributed by atoms with E-state index in [0.717, 1.165) is 16.6 Å². The molecule has 90 valence electrons. The Morgan fingerprint density at radius 3 is 2.78 bits per heavy atom. The number of imidazole rings is 1. The number of aromatic nitrogens is 2. The molecule has 0 fully saturated rings. The van der Waals surface area contributed by atoms with E-state index in [4.69, 9.17) is 5.73 Å². The molecule has 0 aliphatic carbocycles. The normalized spacial score (nSPS) is 11.0. The average Bonchev–Trinajstić information content (AvgIpc) is 2.78. The van der Waals surface area contributed by atoms with Crippen molar-refractivity contribution in [2.75, 3.05) is 5.73 Å². The molecule has 0 aliphatic heterocycles. The van der Waals surface area contributed by atoms with Crippen LogP contribution in [0, 0.1) is 5.82 Å². The van der Waals surface area contributed by atoms with Crippen molar-refractivity contribution in [3.8, 4) is 11.4 Å². The van der Waals surface area contributed by atoms with Crippen LogP contribution in [0.3, 0.4) is 0 Å². The molecule has 0 unspecified atom stereocenters. The summed E-state index contributed by atoms with van der Waals surface area (Å²) in [7, 11) is 0. The predicted octanol–water partition coefficient (Wildman–Crippen LogP) is 3.71. The summed E-state index contributed by atoms with van der Waals surface area (Å²) in [5, 5.41) is 0. The molecule has 3 N–H and O–H groups in total. The van der Waals surface area contributed by atoms with Gasteiger partial charge in [0.1, 0.15) is 17.2 Å². The quantitative estimate of drug-likeness (QED) is 0.673. The van der Waals surface area contributed by atoms with Crippen LogP contribution in [0.4, 0.5) is 10.1 Å². The number of nitrogens with zero attached hydrogens (tertiary/aromatic N) is 1. The lowest BCUT2D eigenvalue weighted by atomic mass is 10.2. The molecule has 2 aromatic carbocycles. The molecule has 0 aliphatic rings. The zero-order chi connectivity index (χ0) is 12.7. The first-order chi connectivity index (χ1) is 8.65. The van der Waals surface area contributed by atoms with Crippen LogP contribution >= 0.6 is 15.9 Å². The monoisotopic (exact) mass is 305 g/mol. The lowest BCUT2D eigenvalue weighted by Crippen LogP contribution is -1.85. The molecule has 0 saturated carbocycles. The van der Waals surface area contributed by atoms with Crippen LogP contribution in [0.5, 0.6) is 0 Å². The fourth-order valence-electron chi connectivity index (χ4n) is 1.83. The Hall–Kier alpha value is -1.88. The van der Waals surface area contributed by atoms with E-state index in [-0.39, 0.29) is 5.82 Å². The zero-order valence-electron chi connectivity index (χ0n) is 9.24. The largest absolute Gasteiger partial charge is 0.397 e. The summed E-state index contributed by atoms with van der Waals surface area (Å²) in [6.07, 6.45) is 0. The van der Waals surface area contributed by atoms with Crippen molar-refractivity contribution < 1.29 is 4.39 Å². The van der Waals surface area contributed by atoms with E-state index < -0.39 is 0 Å². The Morgan fingerprint density at radius 1 is 1.22 bits per heavy atom. The molecule has 0 saturated heterocycles. The van der Waals surface area contributed by atoms with Gasteiger partial charge >= 0.3 is 0 Å². The van der Waals surface area contributed by atoms with E-state index in [9.17, 15) is 4.39 Å². The SMILES string of the molecule is Nc1cccc2[nH]c(-c3ccc(F)c(Br)c3)nc12. The van der Waals surface area contributed by atoms with Crippen LogP contribution in [-0.2, 0) is 0 Å². The second-order valence-corrected chi connectivity index (χ2v) is 4.81. The fraction of sp³-hybridized carbons (Fsp3) is 0. The lowest BCUT2D eigenvalue weighted by molar-refractivity contribution is 0.621. The van der Waals surface area contributed by atoms with E-state index in [0.29, 0.717) is 16.0 Å². The van der Waals surface area contributed by atoms with Gasteiger partial charge in [0, 0.05) is 5.56 Å². The van der Waals surface area contributed by atoms with Gasteiger partial charge in [-0.15, -0.1) is 0 Å². The van der Waals surface area contributed by atoms with Crippen LogP contribution in [0.1, 0.15) is 0 Å². The van der Waals surface area contributed by atoms with Crippen molar-refractivity contribution in [1.82, 2.24) is 9.97 Å². The number of hydrogen-bond donors (Lipinski definition) is 2. The van der Waals surface area contributed by atoms with Crippen molar-refractivity contribution in [1.29, 1.82) is 0 Å². The Bertz CT molecular complexity index is 736. The molecule has 0 bridgehead atoms. The minimum absolute atomic E-state index is 0.297. The van der Waals surface area contributed by atoms with Gasteiger partial charge in [0.15, 0.2) is 0 Å². The zero-order valence-corrected chi connectivity index (χ0v) is 10.8. The number of benzene rings is 2. The fourth-order valence-corrected chi connectivity index (χ4v) is 2.21. The summed E-state index contributed by atoms with van der Waals surface area (Å²) in [5.41, 5.74) is 8.87. The summed E-state index contributed by atoms with van der Waals surface area (Å²) in [6.45, 7) is 0. The first-order valence-electron chi connectivity index (χ1n) is 5.35. The number of anilines is 1. The maximum atomic E-state index is 13.2. The summed E-state index contributed by atoms with van der Waals surface area (Å²) in [5.74, 6) is 0.373. The van der Waals surface area contributed by atoms with E-state index >= 15 is 0 Å². The highest BCUT2D eigenvalue weighted by Gasteiger charge is 2.09. The summed E-state index contributed by atoms with van der Waals surface area (Å²) < 4.78 is 13.6. The highest BCUT2D eigenvalue weighted by atomic mass is 79.9. The van der Waals surface area contributed by atoms with Gasteiger partial charge in [0.25, 0.3) is 0 Å². The topological polar surface area (TPSA) is 54.7 Å². The minimum Gasteiger partial charge on any atom is -0.397 e. The number of hydrogen-bond acceptors (Lipinski definition) is 2. The maximum absolute atomic E-state index is 13.2. The van der Waals surface area contributed by atoms with Gasteiger partial charge in [0.05, 0.1) is 15.7 Å². The van der Waals surface area contributed by atoms with Gasteiger partial charge in [-0.3, -0.25) is 0 Å². The van der Waals surface area contributed by atoms with Crippen LogP contribution in [-0.4, -0.2) is 9.97 Å². The highest BCUT2D eigenvalue weighted by molar-refractivity contribution is 9.10. The number of nitrogen functional groups attached to an aromatic ring is 1. The van der Waals surface area contributed by atoms with Crippen molar-refractivity contribution in [2.45, 2.75) is 0 Å². The van der Waals surface area contributed by atoms with Gasteiger partial charge in [-0.1, -0.05) is 6.07 Å². The van der Waals surface area contributed by atoms with Gasteiger partial charge in [-0.2, -0.15) is 0 Å². The Labute approximate surface area is 111 Å². The van der Waals surface area contributed by atoms with Crippen molar-refractivity contribution in [2.24, 2.45) is 0 Å². The standard InChI is InChI=1S/C13H9BrFN3/c14-8-6-7(4-5-9(8)15)13-17-11-3-1-2-10(16)12(11)18-13/h1-6H,16H2,(H,17,18). The number of para-hydroxylation sites is 1. The molecular weight excluding hydrogens is 297 g/mol. The molecule has 1 aromatic heterocycles. The third kappa shape index (κ3) is 1.76. The van der Waals surface area contributed by atoms with Gasteiger partial charge in [-0.05, 0) is 46.3 Å². The number of H-pyrrole nitrogens is 1. The first kappa shape index (κ1) is 11.2. The molecule has 0 spiro atoms. The van der Waals surface area contributed by atoms with E-state index in [2.05, 4.69) is 25.9 Å². The molecule has 0 radical (unpaired) electrons. The van der Waals surface area contributed by atoms with E-state index in [1.807, 2.05) is 12.1 Å². The Balaban J connectivity index is 2.19. The van der Waals surface area contributed by atoms with Gasteiger partial charge < -0.3 is 10.7 Å².